The summed E-state index contributed by atoms with van der Waals surface area (Å²) in [7, 11) is 0. The third-order valence-corrected chi connectivity index (χ3v) is 5.95. The fourth-order valence-electron chi connectivity index (χ4n) is 2.64. The molecule has 0 nitrogen and oxygen atoms in total. The molecule has 0 fully saturated rings. The molecule has 4 rings (SSSR count). The van der Waals surface area contributed by atoms with Gasteiger partial charge in [0.25, 0.3) is 0 Å². The second kappa shape index (κ2) is 5.37. The predicted octanol–water partition coefficient (Wildman–Crippen LogP) is 3.65. The third-order valence-electron chi connectivity index (χ3n) is 3.68. The first-order valence-corrected chi connectivity index (χ1v) is 8.76. The number of hydrogen-bond acceptors (Lipinski definition) is 0. The first kappa shape index (κ1) is 12.6. The molecule has 0 bridgehead atoms. The summed E-state index contributed by atoms with van der Waals surface area (Å²) in [6.45, 7) is 0. The molecular formula is C20H14Se. The van der Waals surface area contributed by atoms with Gasteiger partial charge in [-0.25, -0.2) is 0 Å². The fourth-order valence-corrected chi connectivity index (χ4v) is 4.70. The van der Waals surface area contributed by atoms with Crippen LogP contribution < -0.4 is 8.92 Å². The van der Waals surface area contributed by atoms with Crippen molar-refractivity contribution in [1.82, 2.24) is 0 Å². The van der Waals surface area contributed by atoms with Gasteiger partial charge in [0.15, 0.2) is 0 Å². The van der Waals surface area contributed by atoms with E-state index in [1.165, 1.54) is 30.5 Å². The van der Waals surface area contributed by atoms with Gasteiger partial charge in [0.05, 0.1) is 0 Å². The molecule has 1 heteroatoms. The molecule has 0 radical (unpaired) electrons. The summed E-state index contributed by atoms with van der Waals surface area (Å²) in [4.78, 5) is 0. The Bertz CT molecular complexity index is 910. The topological polar surface area (TPSA) is 0 Å². The van der Waals surface area contributed by atoms with Crippen molar-refractivity contribution in [2.24, 2.45) is 0 Å². The van der Waals surface area contributed by atoms with E-state index in [-0.39, 0.29) is 0 Å². The zero-order valence-corrected chi connectivity index (χ0v) is 13.2. The van der Waals surface area contributed by atoms with Crippen LogP contribution in [0, 0.1) is 0 Å². The number of fused-ring (bicyclic) bond motifs is 2. The van der Waals surface area contributed by atoms with Gasteiger partial charge in [0.2, 0.25) is 0 Å². The van der Waals surface area contributed by atoms with Crippen LogP contribution in [0.3, 0.4) is 0 Å². The summed E-state index contributed by atoms with van der Waals surface area (Å²) in [6, 6.07) is 30.7. The number of hydrogen-bond donors (Lipinski definition) is 0. The SMILES string of the molecule is c1ccc([Se]c2cccc3cc4ccccc4cc23)cc1. The van der Waals surface area contributed by atoms with Gasteiger partial charge in [-0.1, -0.05) is 0 Å². The summed E-state index contributed by atoms with van der Waals surface area (Å²) in [5.41, 5.74) is 0. The Labute approximate surface area is 130 Å². The van der Waals surface area contributed by atoms with Crippen LogP contribution in [-0.2, 0) is 0 Å². The van der Waals surface area contributed by atoms with E-state index in [9.17, 15) is 0 Å². The van der Waals surface area contributed by atoms with Crippen molar-refractivity contribution in [1.29, 1.82) is 0 Å². The quantitative estimate of drug-likeness (QED) is 0.388. The van der Waals surface area contributed by atoms with Crippen molar-refractivity contribution in [3.8, 4) is 0 Å². The molecular weight excluding hydrogens is 319 g/mol. The number of rotatable bonds is 2. The van der Waals surface area contributed by atoms with Crippen LogP contribution in [0.5, 0.6) is 0 Å². The minimum atomic E-state index is 0.350. The summed E-state index contributed by atoms with van der Waals surface area (Å²) in [5, 5.41) is 5.36. The maximum absolute atomic E-state index is 2.34. The molecule has 0 saturated heterocycles. The first-order chi connectivity index (χ1) is 10.4. The van der Waals surface area contributed by atoms with Crippen LogP contribution in [0.15, 0.2) is 84.9 Å². The molecule has 0 aliphatic carbocycles. The molecule has 4 aromatic rings. The molecule has 0 aromatic heterocycles. The van der Waals surface area contributed by atoms with Gasteiger partial charge in [0, 0.05) is 0 Å². The predicted molar refractivity (Wildman–Crippen MR) is 92.9 cm³/mol. The fraction of sp³-hybridized carbons (Fsp3) is 0. The zero-order chi connectivity index (χ0) is 14.1. The summed E-state index contributed by atoms with van der Waals surface area (Å²) in [6.07, 6.45) is 0. The molecule has 0 spiro atoms. The van der Waals surface area contributed by atoms with Crippen molar-refractivity contribution in [2.45, 2.75) is 0 Å². The van der Waals surface area contributed by atoms with Crippen molar-refractivity contribution >= 4 is 45.4 Å². The normalized spacial score (nSPS) is 11.0. The Kier molecular flexibility index (Phi) is 3.23. The zero-order valence-electron chi connectivity index (χ0n) is 11.5. The summed E-state index contributed by atoms with van der Waals surface area (Å²) in [5.74, 6) is 0. The average molecular weight is 333 g/mol. The van der Waals surface area contributed by atoms with Crippen LogP contribution in [0.25, 0.3) is 21.5 Å². The Balaban J connectivity index is 1.90. The van der Waals surface area contributed by atoms with E-state index >= 15 is 0 Å². The molecule has 0 aliphatic heterocycles. The minimum absolute atomic E-state index is 0.350. The summed E-state index contributed by atoms with van der Waals surface area (Å²) < 4.78 is 2.88. The molecule has 0 unspecified atom stereocenters. The monoisotopic (exact) mass is 334 g/mol. The Morgan fingerprint density at radius 1 is 0.524 bits per heavy atom. The standard InChI is InChI=1S/C20H14Se/c1-2-10-18(11-3-1)21-20-12-6-9-17-13-15-7-4-5-8-16(15)14-19(17)20/h1-14H. The Morgan fingerprint density at radius 3 is 2.00 bits per heavy atom. The summed E-state index contributed by atoms with van der Waals surface area (Å²) >= 11 is 0.350. The van der Waals surface area contributed by atoms with Gasteiger partial charge >= 0.3 is 130 Å². The number of benzene rings is 4. The molecule has 4 aromatic carbocycles. The van der Waals surface area contributed by atoms with E-state index < -0.39 is 0 Å². The van der Waals surface area contributed by atoms with Crippen molar-refractivity contribution < 1.29 is 0 Å². The Hall–Kier alpha value is -2.08. The van der Waals surface area contributed by atoms with Crippen molar-refractivity contribution in [3.05, 3.63) is 84.9 Å². The van der Waals surface area contributed by atoms with Gasteiger partial charge in [0.1, 0.15) is 0 Å². The molecule has 0 aliphatic rings. The molecule has 0 atom stereocenters. The maximum atomic E-state index is 2.34. The second-order valence-electron chi connectivity index (χ2n) is 5.09. The average Bonchev–Trinajstić information content (AvgIpc) is 2.54. The van der Waals surface area contributed by atoms with E-state index in [0.29, 0.717) is 15.0 Å². The third kappa shape index (κ3) is 2.47. The van der Waals surface area contributed by atoms with Crippen LogP contribution >= 0.6 is 0 Å². The first-order valence-electron chi connectivity index (χ1n) is 7.04. The van der Waals surface area contributed by atoms with Crippen LogP contribution in [0.4, 0.5) is 0 Å². The van der Waals surface area contributed by atoms with Gasteiger partial charge in [-0.2, -0.15) is 0 Å². The van der Waals surface area contributed by atoms with E-state index in [1.54, 1.807) is 0 Å². The van der Waals surface area contributed by atoms with Gasteiger partial charge in [-0.15, -0.1) is 0 Å². The molecule has 0 amide bonds. The van der Waals surface area contributed by atoms with Crippen LogP contribution in [0.2, 0.25) is 0 Å². The van der Waals surface area contributed by atoms with Crippen LogP contribution in [-0.4, -0.2) is 15.0 Å². The van der Waals surface area contributed by atoms with E-state index in [4.69, 9.17) is 0 Å². The van der Waals surface area contributed by atoms with Gasteiger partial charge in [-0.05, 0) is 0 Å². The molecule has 0 saturated carbocycles. The molecule has 0 N–H and O–H groups in total. The van der Waals surface area contributed by atoms with Crippen molar-refractivity contribution in [3.63, 3.8) is 0 Å². The van der Waals surface area contributed by atoms with E-state index in [0.717, 1.165) is 0 Å². The van der Waals surface area contributed by atoms with Crippen LogP contribution in [0.1, 0.15) is 0 Å². The molecule has 0 heterocycles. The second-order valence-corrected chi connectivity index (χ2v) is 7.43. The molecule has 100 valence electrons. The Morgan fingerprint density at radius 2 is 1.19 bits per heavy atom. The van der Waals surface area contributed by atoms with E-state index in [2.05, 4.69) is 84.9 Å². The molecule has 21 heavy (non-hydrogen) atoms. The van der Waals surface area contributed by atoms with Crippen molar-refractivity contribution in [2.75, 3.05) is 0 Å². The van der Waals surface area contributed by atoms with Gasteiger partial charge < -0.3 is 0 Å². The van der Waals surface area contributed by atoms with E-state index in [1.807, 2.05) is 0 Å². The van der Waals surface area contributed by atoms with Gasteiger partial charge in [-0.3, -0.25) is 0 Å².